The van der Waals surface area contributed by atoms with Gasteiger partial charge in [0.1, 0.15) is 12.4 Å². The second-order valence-electron chi connectivity index (χ2n) is 6.69. The highest BCUT2D eigenvalue weighted by molar-refractivity contribution is 7.89. The van der Waals surface area contributed by atoms with Crippen LogP contribution in [0.4, 0.5) is 11.4 Å². The average Bonchev–Trinajstić information content (AvgIpc) is 2.73. The van der Waals surface area contributed by atoms with E-state index in [0.717, 1.165) is 5.56 Å². The van der Waals surface area contributed by atoms with Gasteiger partial charge < -0.3 is 15.4 Å². The first-order valence-corrected chi connectivity index (χ1v) is 10.8. The molecule has 0 radical (unpaired) electrons. The van der Waals surface area contributed by atoms with E-state index >= 15 is 0 Å². The number of nitrogens with two attached hydrogens (primary N) is 1. The Morgan fingerprint density at radius 2 is 1.68 bits per heavy atom. The number of hydrogen-bond donors (Lipinski definition) is 3. The van der Waals surface area contributed by atoms with Crippen LogP contribution in [0.5, 0.6) is 5.75 Å². The molecule has 0 spiro atoms. The van der Waals surface area contributed by atoms with Crippen molar-refractivity contribution < 1.29 is 22.7 Å². The van der Waals surface area contributed by atoms with E-state index in [9.17, 15) is 18.0 Å². The molecule has 0 aliphatic carbocycles. The van der Waals surface area contributed by atoms with Crippen LogP contribution in [0.1, 0.15) is 22.8 Å². The normalized spacial score (nSPS) is 10.9. The van der Waals surface area contributed by atoms with Crippen molar-refractivity contribution >= 4 is 33.2 Å². The third kappa shape index (κ3) is 6.14. The molecule has 160 valence electrons. The Kier molecular flexibility index (Phi) is 6.68. The lowest BCUT2D eigenvalue weighted by molar-refractivity contribution is -0.114. The fourth-order valence-electron chi connectivity index (χ4n) is 2.77. The van der Waals surface area contributed by atoms with Crippen LogP contribution < -0.4 is 20.5 Å². The smallest absolute Gasteiger partial charge is 0.255 e. The number of carbonyl (C=O) groups excluding carboxylic acids is 2. The molecule has 3 aromatic rings. The summed E-state index contributed by atoms with van der Waals surface area (Å²) < 4.78 is 29.0. The zero-order chi connectivity index (χ0) is 22.4. The van der Waals surface area contributed by atoms with Crippen molar-refractivity contribution in [2.75, 3.05) is 10.6 Å². The summed E-state index contributed by atoms with van der Waals surface area (Å²) in [5.41, 5.74) is 1.90. The maximum Gasteiger partial charge on any atom is 0.255 e. The summed E-state index contributed by atoms with van der Waals surface area (Å²) in [6.45, 7) is 1.63. The Bertz CT molecular complexity index is 1210. The number of ether oxygens (including phenoxy) is 1. The van der Waals surface area contributed by atoms with Crippen LogP contribution in [0, 0.1) is 0 Å². The number of amides is 2. The second-order valence-corrected chi connectivity index (χ2v) is 8.25. The van der Waals surface area contributed by atoms with Gasteiger partial charge in [0.05, 0.1) is 10.6 Å². The van der Waals surface area contributed by atoms with Crippen LogP contribution in [0.2, 0.25) is 0 Å². The number of hydrogen-bond acceptors (Lipinski definition) is 5. The summed E-state index contributed by atoms with van der Waals surface area (Å²) in [7, 11) is -3.94. The van der Waals surface area contributed by atoms with Gasteiger partial charge in [0.2, 0.25) is 15.9 Å². The zero-order valence-corrected chi connectivity index (χ0v) is 17.5. The first kappa shape index (κ1) is 22.0. The number of sulfonamides is 1. The largest absolute Gasteiger partial charge is 0.487 e. The van der Waals surface area contributed by atoms with E-state index in [0.29, 0.717) is 17.1 Å². The summed E-state index contributed by atoms with van der Waals surface area (Å²) >= 11 is 0. The van der Waals surface area contributed by atoms with Gasteiger partial charge >= 0.3 is 0 Å². The lowest BCUT2D eigenvalue weighted by Crippen LogP contribution is -2.16. The Balaban J connectivity index is 1.86. The molecule has 3 rings (SSSR count). The van der Waals surface area contributed by atoms with Gasteiger partial charge in [-0.15, -0.1) is 0 Å². The minimum absolute atomic E-state index is 0.117. The predicted molar refractivity (Wildman–Crippen MR) is 117 cm³/mol. The Labute approximate surface area is 180 Å². The molecular weight excluding hydrogens is 418 g/mol. The Hall–Kier alpha value is -3.69. The first-order chi connectivity index (χ1) is 14.7. The van der Waals surface area contributed by atoms with Gasteiger partial charge in [-0.25, -0.2) is 13.6 Å². The molecule has 0 aromatic heterocycles. The van der Waals surface area contributed by atoms with Crippen molar-refractivity contribution in [1.82, 2.24) is 0 Å². The molecule has 0 aliphatic heterocycles. The summed E-state index contributed by atoms with van der Waals surface area (Å²) in [5.74, 6) is -0.445. The average molecular weight is 439 g/mol. The van der Waals surface area contributed by atoms with E-state index in [-0.39, 0.29) is 23.0 Å². The van der Waals surface area contributed by atoms with Gasteiger partial charge in [-0.3, -0.25) is 9.59 Å². The number of rotatable bonds is 7. The lowest BCUT2D eigenvalue weighted by Gasteiger charge is -2.15. The highest BCUT2D eigenvalue weighted by atomic mass is 32.2. The van der Waals surface area contributed by atoms with Crippen molar-refractivity contribution in [3.05, 3.63) is 83.9 Å². The summed E-state index contributed by atoms with van der Waals surface area (Å²) in [6, 6.07) is 19.7. The minimum Gasteiger partial charge on any atom is -0.487 e. The predicted octanol–water partition coefficient (Wildman–Crippen LogP) is 3.12. The topological polar surface area (TPSA) is 128 Å². The third-order valence-electron chi connectivity index (χ3n) is 4.21. The fraction of sp³-hybridized carbons (Fsp3) is 0.0909. The monoisotopic (exact) mass is 439 g/mol. The van der Waals surface area contributed by atoms with Crippen LogP contribution in [-0.2, 0) is 21.4 Å². The molecule has 0 bridgehead atoms. The maximum absolute atomic E-state index is 12.7. The number of nitrogens with one attached hydrogen (secondary N) is 2. The molecule has 8 nitrogen and oxygen atoms in total. The molecule has 31 heavy (non-hydrogen) atoms. The van der Waals surface area contributed by atoms with E-state index in [1.165, 1.54) is 31.2 Å². The van der Waals surface area contributed by atoms with Crippen molar-refractivity contribution in [1.29, 1.82) is 0 Å². The Morgan fingerprint density at radius 3 is 2.35 bits per heavy atom. The summed E-state index contributed by atoms with van der Waals surface area (Å²) in [4.78, 5) is 23.9. The molecule has 0 saturated carbocycles. The van der Waals surface area contributed by atoms with E-state index in [2.05, 4.69) is 10.6 Å². The SMILES string of the molecule is CC(=O)Nc1ccc(NC(=O)c2cccc(S(N)(=O)=O)c2)c(OCc2ccccc2)c1. The van der Waals surface area contributed by atoms with E-state index in [1.807, 2.05) is 30.3 Å². The van der Waals surface area contributed by atoms with Crippen LogP contribution >= 0.6 is 0 Å². The van der Waals surface area contributed by atoms with Gasteiger partial charge in [0.15, 0.2) is 0 Å². The number of benzene rings is 3. The molecule has 0 aliphatic rings. The van der Waals surface area contributed by atoms with Gasteiger partial charge in [-0.05, 0) is 35.9 Å². The lowest BCUT2D eigenvalue weighted by atomic mass is 10.2. The van der Waals surface area contributed by atoms with Crippen LogP contribution in [0.15, 0.2) is 77.7 Å². The molecule has 0 saturated heterocycles. The highest BCUT2D eigenvalue weighted by Gasteiger charge is 2.15. The molecule has 4 N–H and O–H groups in total. The van der Waals surface area contributed by atoms with E-state index < -0.39 is 15.9 Å². The maximum atomic E-state index is 12.7. The van der Waals surface area contributed by atoms with Crippen LogP contribution in [0.3, 0.4) is 0 Å². The van der Waals surface area contributed by atoms with Crippen molar-refractivity contribution in [2.24, 2.45) is 5.14 Å². The summed E-state index contributed by atoms with van der Waals surface area (Å²) in [6.07, 6.45) is 0. The molecule has 3 aromatic carbocycles. The molecule has 9 heteroatoms. The number of anilines is 2. The quantitative estimate of drug-likeness (QED) is 0.521. The van der Waals surface area contributed by atoms with E-state index in [1.54, 1.807) is 18.2 Å². The molecular formula is C22H21N3O5S. The molecule has 0 unspecified atom stereocenters. The highest BCUT2D eigenvalue weighted by Crippen LogP contribution is 2.30. The van der Waals surface area contributed by atoms with Crippen molar-refractivity contribution in [3.63, 3.8) is 0 Å². The van der Waals surface area contributed by atoms with Crippen LogP contribution in [0.25, 0.3) is 0 Å². The number of carbonyl (C=O) groups is 2. The van der Waals surface area contributed by atoms with Gasteiger partial charge in [-0.2, -0.15) is 0 Å². The van der Waals surface area contributed by atoms with Crippen molar-refractivity contribution in [3.8, 4) is 5.75 Å². The standard InChI is InChI=1S/C22H21N3O5S/c1-15(26)24-18-10-11-20(21(13-18)30-14-16-6-3-2-4-7-16)25-22(27)17-8-5-9-19(12-17)31(23,28)29/h2-13H,14H2,1H3,(H,24,26)(H,25,27)(H2,23,28,29). The second kappa shape index (κ2) is 9.41. The number of primary sulfonamides is 1. The molecule has 2 amide bonds. The zero-order valence-electron chi connectivity index (χ0n) is 16.7. The fourth-order valence-corrected chi connectivity index (χ4v) is 3.33. The Morgan fingerprint density at radius 1 is 0.935 bits per heavy atom. The van der Waals surface area contributed by atoms with Crippen molar-refractivity contribution in [2.45, 2.75) is 18.4 Å². The van der Waals surface area contributed by atoms with Crippen LogP contribution in [-0.4, -0.2) is 20.2 Å². The van der Waals surface area contributed by atoms with E-state index in [4.69, 9.17) is 9.88 Å². The summed E-state index contributed by atoms with van der Waals surface area (Å²) in [5, 5.41) is 10.5. The minimum atomic E-state index is -3.94. The molecule has 0 atom stereocenters. The molecule has 0 fully saturated rings. The third-order valence-corrected chi connectivity index (χ3v) is 5.12. The molecule has 0 heterocycles. The van der Waals surface area contributed by atoms with Gasteiger partial charge in [0, 0.05) is 24.2 Å². The van der Waals surface area contributed by atoms with Gasteiger partial charge in [0.25, 0.3) is 5.91 Å². The van der Waals surface area contributed by atoms with Gasteiger partial charge in [-0.1, -0.05) is 36.4 Å². The first-order valence-electron chi connectivity index (χ1n) is 9.25.